The number of carbonyl (C=O) groups is 1. The Bertz CT molecular complexity index is 622. The summed E-state index contributed by atoms with van der Waals surface area (Å²) in [6.45, 7) is 0. The molecule has 1 aromatic heterocycles. The summed E-state index contributed by atoms with van der Waals surface area (Å²) in [5, 5.41) is 9.90. The molecule has 1 aromatic carbocycles. The van der Waals surface area contributed by atoms with Gasteiger partial charge in [-0.3, -0.25) is 4.79 Å². The minimum atomic E-state index is -0.923. The lowest BCUT2D eigenvalue weighted by Crippen LogP contribution is -2.14. The van der Waals surface area contributed by atoms with Gasteiger partial charge in [-0.15, -0.1) is 0 Å². The monoisotopic (exact) mass is 292 g/mol. The molecule has 1 fully saturated rings. The van der Waals surface area contributed by atoms with Gasteiger partial charge in [0.1, 0.15) is 22.6 Å². The predicted octanol–water partition coefficient (Wildman–Crippen LogP) is 2.97. The Kier molecular flexibility index (Phi) is 3.48. The first-order valence-electron chi connectivity index (χ1n) is 6.44. The molecule has 1 aliphatic carbocycles. The van der Waals surface area contributed by atoms with Crippen molar-refractivity contribution in [2.24, 2.45) is 0 Å². The summed E-state index contributed by atoms with van der Waals surface area (Å²) < 4.78 is 17.1. The number of aromatic nitrogens is 2. The van der Waals surface area contributed by atoms with E-state index < -0.39 is 11.9 Å². The van der Waals surface area contributed by atoms with E-state index in [2.05, 4.69) is 9.36 Å². The third-order valence-corrected chi connectivity index (χ3v) is 4.19. The van der Waals surface area contributed by atoms with Crippen molar-refractivity contribution in [3.8, 4) is 0 Å². The fourth-order valence-corrected chi connectivity index (χ4v) is 2.86. The quantitative estimate of drug-likeness (QED) is 0.920. The van der Waals surface area contributed by atoms with Crippen LogP contribution in [0.5, 0.6) is 0 Å². The fourth-order valence-electron chi connectivity index (χ4n) is 2.03. The Balaban J connectivity index is 1.80. The number of hydrogen-bond acceptors (Lipinski definition) is 4. The van der Waals surface area contributed by atoms with Crippen molar-refractivity contribution >= 4 is 17.5 Å². The molecule has 0 bridgehead atoms. The van der Waals surface area contributed by atoms with Gasteiger partial charge in [0.25, 0.3) is 0 Å². The summed E-state index contributed by atoms with van der Waals surface area (Å²) >= 11 is 1.16. The maximum Gasteiger partial charge on any atom is 0.313 e. The standard InChI is InChI=1S/C14H13FN2O2S/c15-10-5-1-8(2-6-10)7-11(14(18)19)13-16-12(17-20-13)9-3-4-9/h1-2,5-6,9,11H,3-4,7H2,(H,18,19). The lowest BCUT2D eigenvalue weighted by molar-refractivity contribution is -0.138. The molecular weight excluding hydrogens is 279 g/mol. The van der Waals surface area contributed by atoms with E-state index in [1.165, 1.54) is 12.1 Å². The Labute approximate surface area is 119 Å². The van der Waals surface area contributed by atoms with Crippen LogP contribution in [-0.4, -0.2) is 20.4 Å². The largest absolute Gasteiger partial charge is 0.481 e. The molecule has 4 nitrogen and oxygen atoms in total. The number of hydrogen-bond donors (Lipinski definition) is 1. The van der Waals surface area contributed by atoms with E-state index in [1.807, 2.05) is 0 Å². The molecule has 1 unspecified atom stereocenters. The van der Waals surface area contributed by atoms with E-state index >= 15 is 0 Å². The second kappa shape index (κ2) is 5.28. The first-order chi connectivity index (χ1) is 9.63. The number of rotatable bonds is 5. The van der Waals surface area contributed by atoms with Crippen molar-refractivity contribution in [2.45, 2.75) is 31.1 Å². The van der Waals surface area contributed by atoms with Crippen LogP contribution in [-0.2, 0) is 11.2 Å². The number of aliphatic carboxylic acids is 1. The highest BCUT2D eigenvalue weighted by atomic mass is 32.1. The molecule has 104 valence electrons. The molecule has 1 saturated carbocycles. The minimum Gasteiger partial charge on any atom is -0.481 e. The summed E-state index contributed by atoms with van der Waals surface area (Å²) in [5.74, 6) is -0.776. The number of halogens is 1. The maximum atomic E-state index is 12.9. The van der Waals surface area contributed by atoms with Gasteiger partial charge in [-0.05, 0) is 48.5 Å². The van der Waals surface area contributed by atoms with E-state index in [9.17, 15) is 14.3 Å². The number of benzene rings is 1. The number of nitrogens with zero attached hydrogens (tertiary/aromatic N) is 2. The second-order valence-corrected chi connectivity index (χ2v) is 5.77. The lowest BCUT2D eigenvalue weighted by atomic mass is 10.00. The SMILES string of the molecule is O=C(O)C(Cc1ccc(F)cc1)c1nc(C2CC2)ns1. The normalized spacial score (nSPS) is 16.1. The van der Waals surface area contributed by atoms with Crippen molar-refractivity contribution in [2.75, 3.05) is 0 Å². The molecule has 1 aliphatic rings. The zero-order chi connectivity index (χ0) is 14.1. The Morgan fingerprint density at radius 1 is 1.40 bits per heavy atom. The van der Waals surface area contributed by atoms with Crippen molar-refractivity contribution in [1.82, 2.24) is 9.36 Å². The highest BCUT2D eigenvalue weighted by molar-refractivity contribution is 7.05. The minimum absolute atomic E-state index is 0.301. The number of carboxylic acid groups (broad SMARTS) is 1. The molecule has 0 spiro atoms. The maximum absolute atomic E-state index is 12.9. The third kappa shape index (κ3) is 2.85. The molecule has 1 N–H and O–H groups in total. The Hall–Kier alpha value is -1.82. The molecule has 6 heteroatoms. The first kappa shape index (κ1) is 13.2. The van der Waals surface area contributed by atoms with Crippen molar-refractivity contribution in [1.29, 1.82) is 0 Å². The van der Waals surface area contributed by atoms with Crippen molar-refractivity contribution < 1.29 is 14.3 Å². The summed E-state index contributed by atoms with van der Waals surface area (Å²) in [6.07, 6.45) is 2.48. The zero-order valence-corrected chi connectivity index (χ0v) is 11.4. The highest BCUT2D eigenvalue weighted by Gasteiger charge is 2.31. The highest BCUT2D eigenvalue weighted by Crippen LogP contribution is 2.39. The van der Waals surface area contributed by atoms with Crippen LogP contribution >= 0.6 is 11.5 Å². The van der Waals surface area contributed by atoms with Crippen LogP contribution < -0.4 is 0 Å². The zero-order valence-electron chi connectivity index (χ0n) is 10.6. The molecule has 1 atom stereocenters. The van der Waals surface area contributed by atoms with Crippen molar-refractivity contribution in [3.63, 3.8) is 0 Å². The van der Waals surface area contributed by atoms with Gasteiger partial charge in [-0.1, -0.05) is 12.1 Å². The molecule has 3 rings (SSSR count). The van der Waals surface area contributed by atoms with Crippen LogP contribution in [0.25, 0.3) is 0 Å². The molecule has 0 radical (unpaired) electrons. The van der Waals surface area contributed by atoms with Gasteiger partial charge >= 0.3 is 5.97 Å². The van der Waals surface area contributed by atoms with Crippen LogP contribution in [0.1, 0.15) is 41.1 Å². The number of carboxylic acids is 1. The smallest absolute Gasteiger partial charge is 0.313 e. The Morgan fingerprint density at radius 2 is 2.10 bits per heavy atom. The van der Waals surface area contributed by atoms with Gasteiger partial charge in [0.15, 0.2) is 0 Å². The van der Waals surface area contributed by atoms with E-state index in [4.69, 9.17) is 0 Å². The molecule has 2 aromatic rings. The van der Waals surface area contributed by atoms with Gasteiger partial charge < -0.3 is 5.11 Å². The summed E-state index contributed by atoms with van der Waals surface area (Å²) in [4.78, 5) is 15.8. The van der Waals surface area contributed by atoms with E-state index in [1.54, 1.807) is 12.1 Å². The topological polar surface area (TPSA) is 63.1 Å². The Morgan fingerprint density at radius 3 is 2.70 bits per heavy atom. The molecule has 1 heterocycles. The molecule has 20 heavy (non-hydrogen) atoms. The van der Waals surface area contributed by atoms with Crippen LogP contribution in [0.15, 0.2) is 24.3 Å². The first-order valence-corrected chi connectivity index (χ1v) is 7.21. The van der Waals surface area contributed by atoms with E-state index in [-0.39, 0.29) is 5.82 Å². The van der Waals surface area contributed by atoms with E-state index in [0.29, 0.717) is 17.3 Å². The molecular formula is C14H13FN2O2S. The fraction of sp³-hybridized carbons (Fsp3) is 0.357. The van der Waals surface area contributed by atoms with Crippen LogP contribution in [0.2, 0.25) is 0 Å². The van der Waals surface area contributed by atoms with Gasteiger partial charge in [0.05, 0.1) is 0 Å². The molecule has 0 saturated heterocycles. The van der Waals surface area contributed by atoms with Gasteiger partial charge in [-0.2, -0.15) is 4.37 Å². The van der Waals surface area contributed by atoms with Gasteiger partial charge in [-0.25, -0.2) is 9.37 Å². The summed E-state index contributed by atoms with van der Waals surface area (Å²) in [6, 6.07) is 5.89. The average molecular weight is 292 g/mol. The molecule has 0 aliphatic heterocycles. The van der Waals surface area contributed by atoms with Crippen LogP contribution in [0, 0.1) is 5.82 Å². The summed E-state index contributed by atoms with van der Waals surface area (Å²) in [7, 11) is 0. The van der Waals surface area contributed by atoms with Gasteiger partial charge in [0, 0.05) is 5.92 Å². The average Bonchev–Trinajstić information content (AvgIpc) is 3.16. The predicted molar refractivity (Wildman–Crippen MR) is 72.4 cm³/mol. The third-order valence-electron chi connectivity index (χ3n) is 3.35. The van der Waals surface area contributed by atoms with E-state index in [0.717, 1.165) is 35.8 Å². The molecule has 0 amide bonds. The van der Waals surface area contributed by atoms with Gasteiger partial charge in [0.2, 0.25) is 0 Å². The van der Waals surface area contributed by atoms with Crippen LogP contribution in [0.3, 0.4) is 0 Å². The van der Waals surface area contributed by atoms with Crippen LogP contribution in [0.4, 0.5) is 4.39 Å². The lowest BCUT2D eigenvalue weighted by Gasteiger charge is -2.08. The summed E-state index contributed by atoms with van der Waals surface area (Å²) in [5.41, 5.74) is 0.780. The second-order valence-electron chi connectivity index (χ2n) is 4.99. The van der Waals surface area contributed by atoms with Crippen molar-refractivity contribution in [3.05, 3.63) is 46.5 Å².